The normalized spacial score (nSPS) is 23.2. The van der Waals surface area contributed by atoms with Crippen LogP contribution in [0.5, 0.6) is 0 Å². The lowest BCUT2D eigenvalue weighted by Crippen LogP contribution is -2.29. The molecular formula is C19H25N3O3S. The number of amides is 1. The van der Waals surface area contributed by atoms with Crippen molar-refractivity contribution in [1.29, 1.82) is 0 Å². The summed E-state index contributed by atoms with van der Waals surface area (Å²) in [4.78, 5) is 14.8. The summed E-state index contributed by atoms with van der Waals surface area (Å²) in [5.74, 6) is 1.53. The predicted molar refractivity (Wildman–Crippen MR) is 101 cm³/mol. The zero-order valence-corrected chi connectivity index (χ0v) is 16.0. The lowest BCUT2D eigenvalue weighted by atomic mass is 10.0. The van der Waals surface area contributed by atoms with Crippen molar-refractivity contribution in [2.75, 3.05) is 25.1 Å². The van der Waals surface area contributed by atoms with E-state index < -0.39 is 0 Å². The van der Waals surface area contributed by atoms with Crippen LogP contribution in [0.4, 0.5) is 5.88 Å². The molecule has 2 aromatic rings. The van der Waals surface area contributed by atoms with Crippen LogP contribution in [-0.4, -0.2) is 36.9 Å². The van der Waals surface area contributed by atoms with E-state index in [2.05, 4.69) is 15.8 Å². The van der Waals surface area contributed by atoms with Gasteiger partial charge in [-0.1, -0.05) is 5.16 Å². The zero-order valence-electron chi connectivity index (χ0n) is 15.2. The van der Waals surface area contributed by atoms with E-state index in [9.17, 15) is 4.79 Å². The first-order valence-electron chi connectivity index (χ1n) is 9.26. The number of nitrogens with zero attached hydrogens (tertiary/aromatic N) is 1. The van der Waals surface area contributed by atoms with Crippen molar-refractivity contribution in [2.45, 2.75) is 45.1 Å². The highest BCUT2D eigenvalue weighted by Gasteiger charge is 2.40. The standard InChI is InChI=1S/C19H25N3O3S/c1-11-7-18(25-22-11)21-19(23)14-9-17(26-12(14)2)15-8-16(15)20-10-13-3-5-24-6-4-13/h7,9,13,15-16,20H,3-6,8,10H2,1-2H3,(H,21,23). The van der Waals surface area contributed by atoms with Crippen LogP contribution in [0.15, 0.2) is 16.7 Å². The summed E-state index contributed by atoms with van der Waals surface area (Å²) >= 11 is 1.73. The second-order valence-electron chi connectivity index (χ2n) is 7.32. The summed E-state index contributed by atoms with van der Waals surface area (Å²) in [5, 5.41) is 10.3. The van der Waals surface area contributed by atoms with Crippen LogP contribution in [0.1, 0.15) is 51.0 Å². The average Bonchev–Trinajstić information content (AvgIpc) is 3.14. The van der Waals surface area contributed by atoms with E-state index in [1.165, 1.54) is 4.88 Å². The number of carbonyl (C=O) groups excluding carboxylic acids is 1. The first-order valence-corrected chi connectivity index (χ1v) is 10.1. The van der Waals surface area contributed by atoms with Gasteiger partial charge in [0.2, 0.25) is 5.88 Å². The van der Waals surface area contributed by atoms with E-state index in [-0.39, 0.29) is 5.91 Å². The minimum atomic E-state index is -0.131. The third-order valence-corrected chi connectivity index (χ3v) is 6.39. The van der Waals surface area contributed by atoms with Crippen molar-refractivity contribution in [3.63, 3.8) is 0 Å². The number of carbonyl (C=O) groups is 1. The van der Waals surface area contributed by atoms with E-state index in [0.717, 1.165) is 61.1 Å². The Bertz CT molecular complexity index is 779. The third kappa shape index (κ3) is 4.00. The van der Waals surface area contributed by atoms with Crippen molar-refractivity contribution >= 4 is 23.1 Å². The van der Waals surface area contributed by atoms with E-state index in [0.29, 0.717) is 17.8 Å². The van der Waals surface area contributed by atoms with Crippen LogP contribution in [0.3, 0.4) is 0 Å². The third-order valence-electron chi connectivity index (χ3n) is 5.21. The van der Waals surface area contributed by atoms with Gasteiger partial charge < -0.3 is 14.6 Å². The summed E-state index contributed by atoms with van der Waals surface area (Å²) in [6.07, 6.45) is 3.48. The Hall–Kier alpha value is -1.70. The van der Waals surface area contributed by atoms with Crippen LogP contribution in [0, 0.1) is 19.8 Å². The number of thiophene rings is 1. The van der Waals surface area contributed by atoms with Gasteiger partial charge in [0.15, 0.2) is 0 Å². The molecule has 3 heterocycles. The monoisotopic (exact) mass is 375 g/mol. The summed E-state index contributed by atoms with van der Waals surface area (Å²) < 4.78 is 10.5. The topological polar surface area (TPSA) is 76.4 Å². The van der Waals surface area contributed by atoms with E-state index in [1.54, 1.807) is 17.4 Å². The van der Waals surface area contributed by atoms with Gasteiger partial charge in [-0.3, -0.25) is 10.1 Å². The van der Waals surface area contributed by atoms with Gasteiger partial charge in [-0.2, -0.15) is 0 Å². The van der Waals surface area contributed by atoms with Gasteiger partial charge in [-0.05, 0) is 51.6 Å². The number of hydrogen-bond acceptors (Lipinski definition) is 6. The van der Waals surface area contributed by atoms with Gasteiger partial charge in [-0.25, -0.2) is 0 Å². The Morgan fingerprint density at radius 3 is 2.85 bits per heavy atom. The van der Waals surface area contributed by atoms with Crippen molar-refractivity contribution in [1.82, 2.24) is 10.5 Å². The molecule has 0 bridgehead atoms. The fourth-order valence-corrected chi connectivity index (χ4v) is 4.72. The van der Waals surface area contributed by atoms with Gasteiger partial charge in [0.25, 0.3) is 5.91 Å². The minimum absolute atomic E-state index is 0.131. The van der Waals surface area contributed by atoms with Gasteiger partial charge in [-0.15, -0.1) is 11.3 Å². The molecule has 0 aromatic carbocycles. The summed E-state index contributed by atoms with van der Waals surface area (Å²) in [6.45, 7) is 6.70. The van der Waals surface area contributed by atoms with Crippen molar-refractivity contribution in [2.24, 2.45) is 5.92 Å². The molecule has 140 valence electrons. The molecule has 2 unspecified atom stereocenters. The van der Waals surface area contributed by atoms with Crippen molar-refractivity contribution in [3.8, 4) is 0 Å². The van der Waals surface area contributed by atoms with Crippen LogP contribution in [0.2, 0.25) is 0 Å². The Morgan fingerprint density at radius 1 is 1.31 bits per heavy atom. The second kappa shape index (κ2) is 7.50. The fraction of sp³-hybridized carbons (Fsp3) is 0.579. The average molecular weight is 375 g/mol. The van der Waals surface area contributed by atoms with Crippen LogP contribution < -0.4 is 10.6 Å². The lowest BCUT2D eigenvalue weighted by Gasteiger charge is -2.22. The van der Waals surface area contributed by atoms with Gasteiger partial charge in [0, 0.05) is 41.0 Å². The molecule has 0 radical (unpaired) electrons. The molecule has 2 aliphatic rings. The fourth-order valence-electron chi connectivity index (χ4n) is 3.52. The summed E-state index contributed by atoms with van der Waals surface area (Å²) in [7, 11) is 0. The van der Waals surface area contributed by atoms with Crippen LogP contribution >= 0.6 is 11.3 Å². The zero-order chi connectivity index (χ0) is 18.1. The maximum absolute atomic E-state index is 12.5. The molecule has 1 amide bonds. The second-order valence-corrected chi connectivity index (χ2v) is 8.61. The maximum atomic E-state index is 12.5. The molecule has 6 nitrogen and oxygen atoms in total. The molecular weight excluding hydrogens is 350 g/mol. The molecule has 1 saturated carbocycles. The Kier molecular flexibility index (Phi) is 5.11. The Balaban J connectivity index is 1.32. The highest BCUT2D eigenvalue weighted by Crippen LogP contribution is 2.45. The molecule has 0 spiro atoms. The van der Waals surface area contributed by atoms with Gasteiger partial charge >= 0.3 is 0 Å². The Labute approximate surface area is 157 Å². The van der Waals surface area contributed by atoms with Crippen LogP contribution in [-0.2, 0) is 4.74 Å². The van der Waals surface area contributed by atoms with Gasteiger partial charge in [0.05, 0.1) is 11.3 Å². The SMILES string of the molecule is Cc1cc(NC(=O)c2cc(C3CC3NCC3CCOCC3)sc2C)on1. The smallest absolute Gasteiger partial charge is 0.259 e. The number of hydrogen-bond donors (Lipinski definition) is 2. The number of aromatic nitrogens is 1. The largest absolute Gasteiger partial charge is 0.381 e. The number of ether oxygens (including phenoxy) is 1. The molecule has 26 heavy (non-hydrogen) atoms. The molecule has 4 rings (SSSR count). The number of rotatable bonds is 6. The van der Waals surface area contributed by atoms with Gasteiger partial charge in [0.1, 0.15) is 0 Å². The molecule has 7 heteroatoms. The molecule has 1 aliphatic heterocycles. The van der Waals surface area contributed by atoms with E-state index in [4.69, 9.17) is 9.26 Å². The molecule has 2 atom stereocenters. The first-order chi connectivity index (χ1) is 12.6. The number of nitrogens with one attached hydrogen (secondary N) is 2. The molecule has 1 aliphatic carbocycles. The number of anilines is 1. The minimum Gasteiger partial charge on any atom is -0.381 e. The lowest BCUT2D eigenvalue weighted by molar-refractivity contribution is 0.0662. The van der Waals surface area contributed by atoms with Crippen LogP contribution in [0.25, 0.3) is 0 Å². The molecule has 1 saturated heterocycles. The molecule has 2 fully saturated rings. The predicted octanol–water partition coefficient (Wildman–Crippen LogP) is 3.48. The van der Waals surface area contributed by atoms with Crippen molar-refractivity contribution < 1.29 is 14.1 Å². The Morgan fingerprint density at radius 2 is 2.12 bits per heavy atom. The summed E-state index contributed by atoms with van der Waals surface area (Å²) in [6, 6.07) is 4.31. The molecule has 2 aromatic heterocycles. The van der Waals surface area contributed by atoms with E-state index >= 15 is 0 Å². The van der Waals surface area contributed by atoms with E-state index in [1.807, 2.05) is 19.9 Å². The highest BCUT2D eigenvalue weighted by molar-refractivity contribution is 7.12. The summed E-state index contributed by atoms with van der Waals surface area (Å²) in [5.41, 5.74) is 1.48. The highest BCUT2D eigenvalue weighted by atomic mass is 32.1. The first kappa shape index (κ1) is 17.7. The molecule has 2 N–H and O–H groups in total. The maximum Gasteiger partial charge on any atom is 0.259 e. The van der Waals surface area contributed by atoms with Crippen molar-refractivity contribution in [3.05, 3.63) is 33.1 Å². The quantitative estimate of drug-likeness (QED) is 0.808. The number of aryl methyl sites for hydroxylation is 2.